The third-order valence-electron chi connectivity index (χ3n) is 5.20. The Labute approximate surface area is 153 Å². The highest BCUT2D eigenvalue weighted by Crippen LogP contribution is 2.29. The maximum absolute atomic E-state index is 13.2. The summed E-state index contributed by atoms with van der Waals surface area (Å²) in [5, 5.41) is 11.5. The van der Waals surface area contributed by atoms with Crippen molar-refractivity contribution >= 4 is 16.8 Å². The van der Waals surface area contributed by atoms with E-state index < -0.39 is 6.10 Å². The van der Waals surface area contributed by atoms with E-state index >= 15 is 0 Å². The summed E-state index contributed by atoms with van der Waals surface area (Å²) in [6.07, 6.45) is 3.61. The summed E-state index contributed by atoms with van der Waals surface area (Å²) >= 11 is 0. The van der Waals surface area contributed by atoms with Crippen molar-refractivity contribution in [2.45, 2.75) is 31.4 Å². The lowest BCUT2D eigenvalue weighted by Gasteiger charge is -2.27. The summed E-state index contributed by atoms with van der Waals surface area (Å²) in [6, 6.07) is 19.3. The molecule has 2 heterocycles. The molecule has 2 aromatic carbocycles. The minimum atomic E-state index is -0.552. The van der Waals surface area contributed by atoms with E-state index in [4.69, 9.17) is 0 Å². The largest absolute Gasteiger partial charge is 0.388 e. The molecular formula is C22H22N2O2. The molecule has 1 saturated heterocycles. The number of para-hydroxylation sites is 1. The molecule has 4 nitrogen and oxygen atoms in total. The number of carbonyl (C=O) groups excluding carboxylic acids is 1. The van der Waals surface area contributed by atoms with Gasteiger partial charge in [-0.3, -0.25) is 9.78 Å². The summed E-state index contributed by atoms with van der Waals surface area (Å²) in [7, 11) is 0. The number of aliphatic hydroxyl groups excluding tert-OH is 1. The van der Waals surface area contributed by atoms with Gasteiger partial charge >= 0.3 is 0 Å². The van der Waals surface area contributed by atoms with E-state index in [1.165, 1.54) is 0 Å². The minimum absolute atomic E-state index is 0.0337. The van der Waals surface area contributed by atoms with Crippen LogP contribution in [0, 0.1) is 0 Å². The predicted octanol–water partition coefficient (Wildman–Crippen LogP) is 3.96. The van der Waals surface area contributed by atoms with E-state index in [9.17, 15) is 9.90 Å². The number of likely N-dealkylation sites (tertiary alicyclic amines) is 1. The van der Waals surface area contributed by atoms with Gasteiger partial charge in [-0.15, -0.1) is 0 Å². The second-order valence-electron chi connectivity index (χ2n) is 6.83. The summed E-state index contributed by atoms with van der Waals surface area (Å²) < 4.78 is 0. The van der Waals surface area contributed by atoms with Crippen LogP contribution in [-0.4, -0.2) is 33.5 Å². The molecule has 1 aliphatic rings. The first kappa shape index (κ1) is 16.7. The summed E-state index contributed by atoms with van der Waals surface area (Å²) in [4.78, 5) is 19.5. The van der Waals surface area contributed by atoms with Crippen LogP contribution in [0.3, 0.4) is 0 Å². The van der Waals surface area contributed by atoms with Crippen LogP contribution < -0.4 is 0 Å². The Bertz CT molecular complexity index is 905. The van der Waals surface area contributed by atoms with Gasteiger partial charge in [-0.2, -0.15) is 0 Å². The Kier molecular flexibility index (Phi) is 4.67. The van der Waals surface area contributed by atoms with Gasteiger partial charge in [0.15, 0.2) is 0 Å². The Morgan fingerprint density at radius 2 is 1.88 bits per heavy atom. The lowest BCUT2D eigenvalue weighted by Crippen LogP contribution is -2.36. The molecule has 4 rings (SSSR count). The molecule has 4 heteroatoms. The van der Waals surface area contributed by atoms with Gasteiger partial charge in [-0.05, 0) is 37.0 Å². The quantitative estimate of drug-likeness (QED) is 0.778. The van der Waals surface area contributed by atoms with Gasteiger partial charge in [0.2, 0.25) is 0 Å². The summed E-state index contributed by atoms with van der Waals surface area (Å²) in [5.74, 6) is 0.0337. The molecule has 2 unspecified atom stereocenters. The molecule has 0 saturated carbocycles. The number of nitrogens with zero attached hydrogens (tertiary/aromatic N) is 2. The highest BCUT2D eigenvalue weighted by atomic mass is 16.3. The van der Waals surface area contributed by atoms with E-state index in [-0.39, 0.29) is 11.9 Å². The van der Waals surface area contributed by atoms with Gasteiger partial charge in [0, 0.05) is 24.2 Å². The SMILES string of the molecule is O=C(c1ccnc2ccccc12)N1CCCC1CC(O)c1ccccc1. The molecule has 2 atom stereocenters. The van der Waals surface area contributed by atoms with Crippen molar-refractivity contribution in [3.05, 3.63) is 78.0 Å². The summed E-state index contributed by atoms with van der Waals surface area (Å²) in [5.41, 5.74) is 2.43. The van der Waals surface area contributed by atoms with Crippen molar-refractivity contribution in [2.75, 3.05) is 6.54 Å². The van der Waals surface area contributed by atoms with Gasteiger partial charge in [0.25, 0.3) is 5.91 Å². The van der Waals surface area contributed by atoms with E-state index in [1.807, 2.05) is 59.5 Å². The van der Waals surface area contributed by atoms with Crippen LogP contribution in [0.1, 0.15) is 41.3 Å². The van der Waals surface area contributed by atoms with Crippen LogP contribution in [0.25, 0.3) is 10.9 Å². The zero-order chi connectivity index (χ0) is 17.9. The number of aliphatic hydroxyl groups is 1. The van der Waals surface area contributed by atoms with Crippen molar-refractivity contribution in [3.8, 4) is 0 Å². The lowest BCUT2D eigenvalue weighted by molar-refractivity contribution is 0.0669. The normalized spacial score (nSPS) is 18.2. The number of carbonyl (C=O) groups is 1. The van der Waals surface area contributed by atoms with Gasteiger partial charge in [0.05, 0.1) is 17.2 Å². The molecule has 0 bridgehead atoms. The fourth-order valence-corrected chi connectivity index (χ4v) is 3.85. The number of amides is 1. The number of fused-ring (bicyclic) bond motifs is 1. The zero-order valence-corrected chi connectivity index (χ0v) is 14.6. The molecule has 1 fully saturated rings. The molecule has 1 aromatic heterocycles. The molecule has 0 radical (unpaired) electrons. The number of hydrogen-bond acceptors (Lipinski definition) is 3. The monoisotopic (exact) mass is 346 g/mol. The maximum Gasteiger partial charge on any atom is 0.254 e. The third-order valence-corrected chi connectivity index (χ3v) is 5.20. The smallest absolute Gasteiger partial charge is 0.254 e. The molecule has 3 aromatic rings. The first-order valence-corrected chi connectivity index (χ1v) is 9.12. The van der Waals surface area contributed by atoms with Crippen LogP contribution in [0.2, 0.25) is 0 Å². The number of hydrogen-bond donors (Lipinski definition) is 1. The highest BCUT2D eigenvalue weighted by molar-refractivity contribution is 6.06. The van der Waals surface area contributed by atoms with E-state index in [1.54, 1.807) is 12.3 Å². The van der Waals surface area contributed by atoms with Crippen LogP contribution in [-0.2, 0) is 0 Å². The Morgan fingerprint density at radius 3 is 2.73 bits per heavy atom. The number of benzene rings is 2. The fourth-order valence-electron chi connectivity index (χ4n) is 3.85. The zero-order valence-electron chi connectivity index (χ0n) is 14.6. The second-order valence-corrected chi connectivity index (χ2v) is 6.83. The van der Waals surface area contributed by atoms with E-state index in [0.29, 0.717) is 12.0 Å². The fraction of sp³-hybridized carbons (Fsp3) is 0.273. The average molecular weight is 346 g/mol. The van der Waals surface area contributed by atoms with Crippen molar-refractivity contribution < 1.29 is 9.90 Å². The van der Waals surface area contributed by atoms with Crippen molar-refractivity contribution in [2.24, 2.45) is 0 Å². The summed E-state index contributed by atoms with van der Waals surface area (Å²) in [6.45, 7) is 0.738. The molecular weight excluding hydrogens is 324 g/mol. The maximum atomic E-state index is 13.2. The van der Waals surface area contributed by atoms with Gasteiger partial charge in [-0.1, -0.05) is 48.5 Å². The Balaban J connectivity index is 1.57. The second kappa shape index (κ2) is 7.26. The van der Waals surface area contributed by atoms with Gasteiger partial charge < -0.3 is 10.0 Å². The molecule has 1 aliphatic heterocycles. The third kappa shape index (κ3) is 3.20. The van der Waals surface area contributed by atoms with Crippen molar-refractivity contribution in [1.82, 2.24) is 9.88 Å². The Hall–Kier alpha value is -2.72. The highest BCUT2D eigenvalue weighted by Gasteiger charge is 2.31. The van der Waals surface area contributed by atoms with Crippen LogP contribution in [0.15, 0.2) is 66.9 Å². The Morgan fingerprint density at radius 1 is 1.12 bits per heavy atom. The standard InChI is InChI=1S/C22H22N2O2/c25-21(16-7-2-1-3-8-16)15-17-9-6-14-24(17)22(26)19-12-13-23-20-11-5-4-10-18(19)20/h1-5,7-8,10-13,17,21,25H,6,9,14-15H2. The van der Waals surface area contributed by atoms with E-state index in [0.717, 1.165) is 35.9 Å². The number of rotatable bonds is 4. The minimum Gasteiger partial charge on any atom is -0.388 e. The van der Waals surface area contributed by atoms with Crippen LogP contribution in [0.5, 0.6) is 0 Å². The molecule has 132 valence electrons. The predicted molar refractivity (Wildman–Crippen MR) is 102 cm³/mol. The van der Waals surface area contributed by atoms with Crippen LogP contribution in [0.4, 0.5) is 0 Å². The molecule has 0 spiro atoms. The van der Waals surface area contributed by atoms with Gasteiger partial charge in [0.1, 0.15) is 0 Å². The lowest BCUT2D eigenvalue weighted by atomic mass is 10.00. The van der Waals surface area contributed by atoms with Crippen molar-refractivity contribution in [1.29, 1.82) is 0 Å². The van der Waals surface area contributed by atoms with Crippen molar-refractivity contribution in [3.63, 3.8) is 0 Å². The van der Waals surface area contributed by atoms with Gasteiger partial charge in [-0.25, -0.2) is 0 Å². The topological polar surface area (TPSA) is 53.4 Å². The number of pyridine rings is 1. The number of aromatic nitrogens is 1. The average Bonchev–Trinajstić information content (AvgIpc) is 3.15. The van der Waals surface area contributed by atoms with Crippen LogP contribution >= 0.6 is 0 Å². The first-order valence-electron chi connectivity index (χ1n) is 9.12. The molecule has 0 aliphatic carbocycles. The van der Waals surface area contributed by atoms with E-state index in [2.05, 4.69) is 4.98 Å². The first-order chi connectivity index (χ1) is 12.7. The molecule has 1 N–H and O–H groups in total. The molecule has 26 heavy (non-hydrogen) atoms. The molecule has 1 amide bonds.